The van der Waals surface area contributed by atoms with Gasteiger partial charge in [0.1, 0.15) is 0 Å². The molecule has 1 aromatic heterocycles. The van der Waals surface area contributed by atoms with Crippen LogP contribution in [0.15, 0.2) is 12.4 Å². The average molecular weight is 195 g/mol. The molecule has 14 heavy (non-hydrogen) atoms. The number of anilines is 1. The second kappa shape index (κ2) is 4.00. The Hall–Kier alpha value is -1.03. The summed E-state index contributed by atoms with van der Waals surface area (Å²) in [7, 11) is 0. The summed E-state index contributed by atoms with van der Waals surface area (Å²) in [6.45, 7) is 0.883. The molecular weight excluding hydrogens is 178 g/mol. The molecule has 0 aromatic carbocycles. The van der Waals surface area contributed by atoms with E-state index in [-0.39, 0.29) is 6.10 Å². The van der Waals surface area contributed by atoms with Gasteiger partial charge in [-0.25, -0.2) is 0 Å². The van der Waals surface area contributed by atoms with Gasteiger partial charge < -0.3 is 10.8 Å². The molecule has 2 unspecified atom stereocenters. The van der Waals surface area contributed by atoms with Crippen molar-refractivity contribution in [2.45, 2.75) is 38.3 Å². The molecule has 4 nitrogen and oxygen atoms in total. The maximum atomic E-state index is 9.51. The maximum absolute atomic E-state index is 9.51. The number of hydrogen-bond donors (Lipinski definition) is 2. The molecule has 3 N–H and O–H groups in total. The van der Waals surface area contributed by atoms with Crippen LogP contribution in [0.4, 0.5) is 5.69 Å². The van der Waals surface area contributed by atoms with E-state index in [2.05, 4.69) is 5.10 Å². The SMILES string of the molecule is Nc1cnn(CC2CCCC(O)C2)c1. The first kappa shape index (κ1) is 9.52. The lowest BCUT2D eigenvalue weighted by Gasteiger charge is -2.25. The predicted octanol–water partition coefficient (Wildman–Crippen LogP) is 1.02. The number of nitrogen functional groups attached to an aromatic ring is 1. The van der Waals surface area contributed by atoms with Crippen molar-refractivity contribution in [3.05, 3.63) is 12.4 Å². The summed E-state index contributed by atoms with van der Waals surface area (Å²) in [5.74, 6) is 0.554. The smallest absolute Gasteiger partial charge is 0.0719 e. The van der Waals surface area contributed by atoms with Crippen LogP contribution in [-0.4, -0.2) is 21.0 Å². The molecule has 78 valence electrons. The van der Waals surface area contributed by atoms with Crippen LogP contribution in [0.3, 0.4) is 0 Å². The van der Waals surface area contributed by atoms with E-state index < -0.39 is 0 Å². The van der Waals surface area contributed by atoms with Crippen LogP contribution in [0.2, 0.25) is 0 Å². The Balaban J connectivity index is 1.90. The zero-order valence-corrected chi connectivity index (χ0v) is 8.26. The standard InChI is InChI=1S/C10H17N3O/c11-9-5-12-13(7-9)6-8-2-1-3-10(14)4-8/h5,7-8,10,14H,1-4,6,11H2. The van der Waals surface area contributed by atoms with E-state index in [1.54, 1.807) is 6.20 Å². The van der Waals surface area contributed by atoms with E-state index in [1.807, 2.05) is 10.9 Å². The number of nitrogens with zero attached hydrogens (tertiary/aromatic N) is 2. The minimum Gasteiger partial charge on any atom is -0.396 e. The van der Waals surface area contributed by atoms with Crippen molar-refractivity contribution in [1.82, 2.24) is 9.78 Å². The predicted molar refractivity (Wildman–Crippen MR) is 54.6 cm³/mol. The highest BCUT2D eigenvalue weighted by molar-refractivity contribution is 5.30. The lowest BCUT2D eigenvalue weighted by Crippen LogP contribution is -2.23. The van der Waals surface area contributed by atoms with Gasteiger partial charge in [-0.15, -0.1) is 0 Å². The summed E-state index contributed by atoms with van der Waals surface area (Å²) < 4.78 is 1.87. The molecule has 1 heterocycles. The number of aromatic nitrogens is 2. The van der Waals surface area contributed by atoms with E-state index in [9.17, 15) is 5.11 Å². The van der Waals surface area contributed by atoms with E-state index in [0.29, 0.717) is 11.6 Å². The first-order valence-corrected chi connectivity index (χ1v) is 5.20. The van der Waals surface area contributed by atoms with Crippen molar-refractivity contribution in [1.29, 1.82) is 0 Å². The summed E-state index contributed by atoms with van der Waals surface area (Å²) in [5.41, 5.74) is 6.29. The minimum atomic E-state index is -0.110. The first-order chi connectivity index (χ1) is 6.74. The van der Waals surface area contributed by atoms with Crippen molar-refractivity contribution in [3.63, 3.8) is 0 Å². The summed E-state index contributed by atoms with van der Waals surface area (Å²) in [5, 5.41) is 13.7. The topological polar surface area (TPSA) is 64.1 Å². The molecule has 0 amide bonds. The number of rotatable bonds is 2. The van der Waals surface area contributed by atoms with Gasteiger partial charge in [-0.2, -0.15) is 5.10 Å². The molecule has 0 spiro atoms. The summed E-state index contributed by atoms with van der Waals surface area (Å²) in [4.78, 5) is 0. The highest BCUT2D eigenvalue weighted by Gasteiger charge is 2.20. The van der Waals surface area contributed by atoms with E-state index >= 15 is 0 Å². The van der Waals surface area contributed by atoms with Crippen molar-refractivity contribution in [2.24, 2.45) is 5.92 Å². The first-order valence-electron chi connectivity index (χ1n) is 5.20. The molecule has 1 aromatic rings. The highest BCUT2D eigenvalue weighted by Crippen LogP contribution is 2.25. The molecule has 4 heteroatoms. The third kappa shape index (κ3) is 2.26. The molecule has 1 aliphatic carbocycles. The lowest BCUT2D eigenvalue weighted by molar-refractivity contribution is 0.0941. The van der Waals surface area contributed by atoms with Crippen LogP contribution >= 0.6 is 0 Å². The van der Waals surface area contributed by atoms with Gasteiger partial charge in [0.2, 0.25) is 0 Å². The monoisotopic (exact) mass is 195 g/mol. The molecule has 1 aliphatic rings. The Morgan fingerprint density at radius 1 is 1.57 bits per heavy atom. The van der Waals surface area contributed by atoms with Gasteiger partial charge in [0.25, 0.3) is 0 Å². The fourth-order valence-electron chi connectivity index (χ4n) is 2.17. The Bertz CT molecular complexity index is 297. The van der Waals surface area contributed by atoms with Crippen molar-refractivity contribution >= 4 is 5.69 Å². The van der Waals surface area contributed by atoms with Gasteiger partial charge in [0, 0.05) is 12.7 Å². The van der Waals surface area contributed by atoms with Crippen LogP contribution < -0.4 is 5.73 Å². The van der Waals surface area contributed by atoms with Gasteiger partial charge in [0.05, 0.1) is 18.0 Å². The van der Waals surface area contributed by atoms with Crippen LogP contribution in [0.1, 0.15) is 25.7 Å². The lowest BCUT2D eigenvalue weighted by atomic mass is 9.87. The van der Waals surface area contributed by atoms with Gasteiger partial charge in [-0.1, -0.05) is 6.42 Å². The van der Waals surface area contributed by atoms with Crippen LogP contribution in [0.25, 0.3) is 0 Å². The van der Waals surface area contributed by atoms with Gasteiger partial charge in [0.15, 0.2) is 0 Å². The van der Waals surface area contributed by atoms with Crippen LogP contribution in [0, 0.1) is 5.92 Å². The Morgan fingerprint density at radius 3 is 3.07 bits per heavy atom. The zero-order valence-electron chi connectivity index (χ0n) is 8.26. The summed E-state index contributed by atoms with van der Waals surface area (Å²) in [6, 6.07) is 0. The van der Waals surface area contributed by atoms with E-state index in [1.165, 1.54) is 6.42 Å². The Kier molecular flexibility index (Phi) is 2.72. The molecular formula is C10H17N3O. The van der Waals surface area contributed by atoms with Gasteiger partial charge >= 0.3 is 0 Å². The molecule has 2 atom stereocenters. The highest BCUT2D eigenvalue weighted by atomic mass is 16.3. The van der Waals surface area contributed by atoms with Crippen molar-refractivity contribution in [2.75, 3.05) is 5.73 Å². The van der Waals surface area contributed by atoms with Crippen molar-refractivity contribution in [3.8, 4) is 0 Å². The second-order valence-electron chi connectivity index (χ2n) is 4.18. The quantitative estimate of drug-likeness (QED) is 0.740. The van der Waals surface area contributed by atoms with Crippen LogP contribution in [-0.2, 0) is 6.54 Å². The number of hydrogen-bond acceptors (Lipinski definition) is 3. The van der Waals surface area contributed by atoms with Crippen LogP contribution in [0.5, 0.6) is 0 Å². The maximum Gasteiger partial charge on any atom is 0.0719 e. The largest absolute Gasteiger partial charge is 0.396 e. The summed E-state index contributed by atoms with van der Waals surface area (Å²) >= 11 is 0. The number of nitrogens with two attached hydrogens (primary N) is 1. The number of aliphatic hydroxyl groups excluding tert-OH is 1. The molecule has 0 saturated heterocycles. The van der Waals surface area contributed by atoms with Gasteiger partial charge in [-0.3, -0.25) is 4.68 Å². The molecule has 0 aliphatic heterocycles. The molecule has 1 fully saturated rings. The third-order valence-electron chi connectivity index (χ3n) is 2.85. The fraction of sp³-hybridized carbons (Fsp3) is 0.700. The normalized spacial score (nSPS) is 27.8. The number of aliphatic hydroxyl groups is 1. The molecule has 0 bridgehead atoms. The zero-order chi connectivity index (χ0) is 9.97. The Labute approximate surface area is 83.7 Å². The fourth-order valence-corrected chi connectivity index (χ4v) is 2.17. The molecule has 2 rings (SSSR count). The second-order valence-corrected chi connectivity index (χ2v) is 4.18. The average Bonchev–Trinajstić information content (AvgIpc) is 2.51. The molecule has 1 saturated carbocycles. The van der Waals surface area contributed by atoms with Crippen molar-refractivity contribution < 1.29 is 5.11 Å². The van der Waals surface area contributed by atoms with E-state index in [4.69, 9.17) is 5.73 Å². The van der Waals surface area contributed by atoms with Gasteiger partial charge in [-0.05, 0) is 25.2 Å². The molecule has 0 radical (unpaired) electrons. The third-order valence-corrected chi connectivity index (χ3v) is 2.85. The minimum absolute atomic E-state index is 0.110. The summed E-state index contributed by atoms with van der Waals surface area (Å²) in [6.07, 6.45) is 7.58. The Morgan fingerprint density at radius 2 is 2.43 bits per heavy atom. The van der Waals surface area contributed by atoms with E-state index in [0.717, 1.165) is 25.8 Å².